The number of thiol groups is 1. The minimum atomic E-state index is 0.370. The Morgan fingerprint density at radius 2 is 1.69 bits per heavy atom. The molecule has 0 saturated carbocycles. The van der Waals surface area contributed by atoms with E-state index in [9.17, 15) is 0 Å². The van der Waals surface area contributed by atoms with E-state index in [0.29, 0.717) is 17.6 Å². The molecule has 0 aromatic rings. The van der Waals surface area contributed by atoms with Crippen LogP contribution in [-0.4, -0.2) is 42.5 Å². The van der Waals surface area contributed by atoms with Crippen LogP contribution in [0, 0.1) is 5.41 Å². The number of hydrogen-bond donors (Lipinski definition) is 1. The molecule has 1 aliphatic heterocycles. The van der Waals surface area contributed by atoms with Crippen molar-refractivity contribution in [3.63, 3.8) is 0 Å². The zero-order valence-corrected chi connectivity index (χ0v) is 12.1. The van der Waals surface area contributed by atoms with Crippen molar-refractivity contribution in [1.29, 1.82) is 0 Å². The Hall–Kier alpha value is 0.270. The first-order valence-corrected chi connectivity index (χ1v) is 7.17. The third-order valence-corrected chi connectivity index (χ3v) is 4.56. The number of ether oxygens (including phenoxy) is 1. The van der Waals surface area contributed by atoms with Crippen LogP contribution in [0.15, 0.2) is 0 Å². The molecule has 3 heteroatoms. The van der Waals surface area contributed by atoms with Gasteiger partial charge in [0.2, 0.25) is 0 Å². The van der Waals surface area contributed by atoms with E-state index < -0.39 is 0 Å². The molecule has 0 N–H and O–H groups in total. The summed E-state index contributed by atoms with van der Waals surface area (Å²) < 4.78 is 5.77. The minimum Gasteiger partial charge on any atom is -0.373 e. The lowest BCUT2D eigenvalue weighted by Gasteiger charge is -2.41. The molecular formula is C13H27NOS. The van der Waals surface area contributed by atoms with Crippen molar-refractivity contribution in [1.82, 2.24) is 4.90 Å². The largest absolute Gasteiger partial charge is 0.373 e. The highest BCUT2D eigenvalue weighted by atomic mass is 32.1. The maximum absolute atomic E-state index is 5.77. The maximum atomic E-state index is 5.77. The molecule has 96 valence electrons. The molecule has 0 spiro atoms. The molecule has 0 amide bonds. The van der Waals surface area contributed by atoms with Crippen LogP contribution < -0.4 is 0 Å². The molecule has 1 fully saturated rings. The van der Waals surface area contributed by atoms with Gasteiger partial charge >= 0.3 is 0 Å². The smallest absolute Gasteiger partial charge is 0.0678 e. The Labute approximate surface area is 106 Å². The van der Waals surface area contributed by atoms with E-state index in [1.165, 1.54) is 19.4 Å². The summed E-state index contributed by atoms with van der Waals surface area (Å²) in [6, 6.07) is 0. The van der Waals surface area contributed by atoms with E-state index in [0.717, 1.165) is 18.8 Å². The van der Waals surface area contributed by atoms with Gasteiger partial charge in [-0.05, 0) is 37.9 Å². The van der Waals surface area contributed by atoms with Crippen LogP contribution in [0.3, 0.4) is 0 Å². The fourth-order valence-electron chi connectivity index (χ4n) is 2.64. The van der Waals surface area contributed by atoms with E-state index in [1.54, 1.807) is 0 Å². The molecule has 0 aliphatic carbocycles. The van der Waals surface area contributed by atoms with Gasteiger partial charge in [0, 0.05) is 19.6 Å². The van der Waals surface area contributed by atoms with Gasteiger partial charge in [-0.2, -0.15) is 12.6 Å². The van der Waals surface area contributed by atoms with Crippen LogP contribution in [-0.2, 0) is 4.74 Å². The highest BCUT2D eigenvalue weighted by Gasteiger charge is 2.31. The van der Waals surface area contributed by atoms with Crippen molar-refractivity contribution in [2.24, 2.45) is 5.41 Å². The van der Waals surface area contributed by atoms with Crippen LogP contribution in [0.1, 0.15) is 40.5 Å². The molecular weight excluding hydrogens is 218 g/mol. The third kappa shape index (κ3) is 3.64. The highest BCUT2D eigenvalue weighted by molar-refractivity contribution is 7.80. The van der Waals surface area contributed by atoms with Gasteiger partial charge in [-0.25, -0.2) is 0 Å². The quantitative estimate of drug-likeness (QED) is 0.748. The normalized spacial score (nSPS) is 28.3. The Morgan fingerprint density at radius 3 is 2.06 bits per heavy atom. The van der Waals surface area contributed by atoms with Gasteiger partial charge in [-0.1, -0.05) is 13.8 Å². The van der Waals surface area contributed by atoms with Gasteiger partial charge < -0.3 is 4.74 Å². The first-order valence-electron chi connectivity index (χ1n) is 6.54. The zero-order chi connectivity index (χ0) is 12.2. The van der Waals surface area contributed by atoms with E-state index in [2.05, 4.69) is 45.2 Å². The molecule has 1 aliphatic rings. The Bertz CT molecular complexity index is 188. The second-order valence-corrected chi connectivity index (χ2v) is 5.63. The average Bonchev–Trinajstić information content (AvgIpc) is 2.25. The first-order chi connectivity index (χ1) is 7.55. The van der Waals surface area contributed by atoms with Crippen molar-refractivity contribution < 1.29 is 4.74 Å². The molecule has 1 rings (SSSR count). The molecule has 16 heavy (non-hydrogen) atoms. The van der Waals surface area contributed by atoms with E-state index in [4.69, 9.17) is 4.74 Å². The van der Waals surface area contributed by atoms with Gasteiger partial charge in [0.25, 0.3) is 0 Å². The highest BCUT2D eigenvalue weighted by Crippen LogP contribution is 2.30. The molecule has 0 bridgehead atoms. The monoisotopic (exact) mass is 245 g/mol. The second-order valence-electron chi connectivity index (χ2n) is 5.32. The SMILES string of the molecule is CCC(CC)(CS)CN1CC(C)OC(C)C1. The average molecular weight is 245 g/mol. The van der Waals surface area contributed by atoms with Gasteiger partial charge in [0.05, 0.1) is 12.2 Å². The summed E-state index contributed by atoms with van der Waals surface area (Å²) >= 11 is 4.55. The number of hydrogen-bond acceptors (Lipinski definition) is 3. The van der Waals surface area contributed by atoms with Gasteiger partial charge in [0.1, 0.15) is 0 Å². The fourth-order valence-corrected chi connectivity index (χ4v) is 3.18. The van der Waals surface area contributed by atoms with Crippen LogP contribution in [0.25, 0.3) is 0 Å². The number of rotatable bonds is 5. The van der Waals surface area contributed by atoms with Gasteiger partial charge in [-0.3, -0.25) is 4.90 Å². The Morgan fingerprint density at radius 1 is 1.19 bits per heavy atom. The lowest BCUT2D eigenvalue weighted by molar-refractivity contribution is -0.0768. The van der Waals surface area contributed by atoms with Gasteiger partial charge in [-0.15, -0.1) is 0 Å². The molecule has 1 heterocycles. The number of nitrogens with zero attached hydrogens (tertiary/aromatic N) is 1. The zero-order valence-electron chi connectivity index (χ0n) is 11.2. The van der Waals surface area contributed by atoms with Crippen molar-refractivity contribution in [2.45, 2.75) is 52.7 Å². The van der Waals surface area contributed by atoms with Crippen LogP contribution in [0.4, 0.5) is 0 Å². The topological polar surface area (TPSA) is 12.5 Å². The molecule has 2 nitrogen and oxygen atoms in total. The van der Waals surface area contributed by atoms with Crippen LogP contribution in [0.2, 0.25) is 0 Å². The first kappa shape index (κ1) is 14.3. The fraction of sp³-hybridized carbons (Fsp3) is 1.00. The summed E-state index contributed by atoms with van der Waals surface area (Å²) in [4.78, 5) is 2.56. The Kier molecular flexibility index (Phi) is 5.62. The van der Waals surface area contributed by atoms with E-state index in [1.807, 2.05) is 0 Å². The molecule has 0 radical (unpaired) electrons. The predicted molar refractivity (Wildman–Crippen MR) is 73.3 cm³/mol. The summed E-state index contributed by atoms with van der Waals surface area (Å²) in [5.74, 6) is 0.986. The predicted octanol–water partition coefficient (Wildman–Crippen LogP) is 2.83. The summed E-state index contributed by atoms with van der Waals surface area (Å²) in [5, 5.41) is 0. The summed E-state index contributed by atoms with van der Waals surface area (Å²) in [6.45, 7) is 12.2. The van der Waals surface area contributed by atoms with Crippen molar-refractivity contribution in [2.75, 3.05) is 25.4 Å². The molecule has 1 saturated heterocycles. The minimum absolute atomic E-state index is 0.370. The third-order valence-electron chi connectivity index (χ3n) is 3.89. The van der Waals surface area contributed by atoms with E-state index in [-0.39, 0.29) is 0 Å². The maximum Gasteiger partial charge on any atom is 0.0678 e. The van der Waals surface area contributed by atoms with Crippen molar-refractivity contribution >= 4 is 12.6 Å². The van der Waals surface area contributed by atoms with Crippen LogP contribution >= 0.6 is 12.6 Å². The summed E-state index contributed by atoms with van der Waals surface area (Å²) in [6.07, 6.45) is 3.17. The van der Waals surface area contributed by atoms with E-state index >= 15 is 0 Å². The lowest BCUT2D eigenvalue weighted by atomic mass is 9.83. The molecule has 0 aromatic heterocycles. The second kappa shape index (κ2) is 6.27. The van der Waals surface area contributed by atoms with Gasteiger partial charge in [0.15, 0.2) is 0 Å². The molecule has 2 atom stereocenters. The molecule has 2 unspecified atom stereocenters. The molecule has 0 aromatic carbocycles. The Balaban J connectivity index is 2.57. The lowest BCUT2D eigenvalue weighted by Crippen LogP contribution is -2.49. The van der Waals surface area contributed by atoms with Crippen molar-refractivity contribution in [3.05, 3.63) is 0 Å². The van der Waals surface area contributed by atoms with Crippen LogP contribution in [0.5, 0.6) is 0 Å². The number of morpholine rings is 1. The summed E-state index contributed by atoms with van der Waals surface area (Å²) in [7, 11) is 0. The van der Waals surface area contributed by atoms with Crippen molar-refractivity contribution in [3.8, 4) is 0 Å². The standard InChI is InChI=1S/C13H27NOS/c1-5-13(6-2,10-16)9-14-7-11(3)15-12(4)8-14/h11-12,16H,5-10H2,1-4H3. The summed E-state index contributed by atoms with van der Waals surface area (Å²) in [5.41, 5.74) is 0.389.